The second-order valence-electron chi connectivity index (χ2n) is 6.17. The zero-order valence-electron chi connectivity index (χ0n) is 15.1. The van der Waals surface area contributed by atoms with Crippen molar-refractivity contribution in [2.75, 3.05) is 5.32 Å². The summed E-state index contributed by atoms with van der Waals surface area (Å²) in [5.74, 6) is -2.86. The number of thiazole rings is 1. The molecule has 0 saturated heterocycles. The van der Waals surface area contributed by atoms with Gasteiger partial charge in [0.2, 0.25) is 0 Å². The number of hydrogen-bond donors (Lipinski definition) is 1. The topological polar surface area (TPSA) is 68.3 Å². The summed E-state index contributed by atoms with van der Waals surface area (Å²) in [7, 11) is 0. The second-order valence-corrected chi connectivity index (χ2v) is 7.29. The third kappa shape index (κ3) is 5.10. The predicted octanol–water partition coefficient (Wildman–Crippen LogP) is 4.47. The number of nitrogens with one attached hydrogen (secondary N) is 1. The lowest BCUT2D eigenvalue weighted by molar-refractivity contribution is -0.153. The van der Waals surface area contributed by atoms with E-state index in [0.29, 0.717) is 18.9 Å². The van der Waals surface area contributed by atoms with Crippen LogP contribution in [-0.4, -0.2) is 23.0 Å². The van der Waals surface area contributed by atoms with Crippen LogP contribution in [-0.2, 0) is 20.7 Å². The summed E-state index contributed by atoms with van der Waals surface area (Å²) in [5, 5.41) is 3.21. The molecule has 1 aromatic heterocycles. The molecule has 0 radical (unpaired) electrons. The van der Waals surface area contributed by atoms with Crippen molar-refractivity contribution in [2.24, 2.45) is 0 Å². The average Bonchev–Trinajstić information content (AvgIpc) is 3.06. The van der Waals surface area contributed by atoms with Crippen molar-refractivity contribution in [3.63, 3.8) is 0 Å². The van der Waals surface area contributed by atoms with Crippen LogP contribution >= 0.6 is 11.3 Å². The van der Waals surface area contributed by atoms with Crippen LogP contribution in [0.4, 0.5) is 14.5 Å². The second kappa shape index (κ2) is 8.88. The van der Waals surface area contributed by atoms with Crippen molar-refractivity contribution >= 4 is 39.1 Å². The lowest BCUT2D eigenvalue weighted by Gasteiger charge is -2.13. The number of anilines is 1. The van der Waals surface area contributed by atoms with Crippen LogP contribution in [0.1, 0.15) is 24.8 Å². The van der Waals surface area contributed by atoms with E-state index >= 15 is 0 Å². The van der Waals surface area contributed by atoms with E-state index in [9.17, 15) is 18.4 Å². The first-order chi connectivity index (χ1) is 13.4. The lowest BCUT2D eigenvalue weighted by Crippen LogP contribution is -2.30. The molecule has 0 aliphatic heterocycles. The Kier molecular flexibility index (Phi) is 6.30. The van der Waals surface area contributed by atoms with Crippen molar-refractivity contribution in [2.45, 2.75) is 32.3 Å². The number of hydrogen-bond acceptors (Lipinski definition) is 5. The zero-order chi connectivity index (χ0) is 20.1. The third-order valence-corrected chi connectivity index (χ3v) is 5.07. The van der Waals surface area contributed by atoms with Crippen LogP contribution in [0.25, 0.3) is 10.2 Å². The maximum atomic E-state index is 13.6. The van der Waals surface area contributed by atoms with Crippen LogP contribution in [0.3, 0.4) is 0 Å². The molecule has 0 spiro atoms. The number of ether oxygens (including phenoxy) is 1. The number of para-hydroxylation sites is 1. The molecule has 8 heteroatoms. The van der Waals surface area contributed by atoms with E-state index in [2.05, 4.69) is 10.3 Å². The molecule has 0 aliphatic rings. The van der Waals surface area contributed by atoms with Gasteiger partial charge in [-0.15, -0.1) is 11.3 Å². The third-order valence-electron chi connectivity index (χ3n) is 3.98. The Labute approximate surface area is 164 Å². The van der Waals surface area contributed by atoms with E-state index in [4.69, 9.17) is 4.74 Å². The SMILES string of the molecule is CC(OC(=O)CCCc1nc2ccccc2s1)C(=O)Nc1ccc(F)cc1F. The summed E-state index contributed by atoms with van der Waals surface area (Å²) >= 11 is 1.58. The van der Waals surface area contributed by atoms with E-state index in [-0.39, 0.29) is 12.1 Å². The minimum atomic E-state index is -1.10. The number of rotatable bonds is 7. The van der Waals surface area contributed by atoms with Gasteiger partial charge in [-0.1, -0.05) is 12.1 Å². The van der Waals surface area contributed by atoms with E-state index in [1.165, 1.54) is 6.92 Å². The molecule has 1 atom stereocenters. The van der Waals surface area contributed by atoms with Crippen LogP contribution in [0.15, 0.2) is 42.5 Å². The molecule has 1 heterocycles. The number of halogens is 2. The molecule has 1 N–H and O–H groups in total. The quantitative estimate of drug-likeness (QED) is 0.590. The van der Waals surface area contributed by atoms with E-state index in [1.54, 1.807) is 11.3 Å². The summed E-state index contributed by atoms with van der Waals surface area (Å²) < 4.78 is 32.6. The summed E-state index contributed by atoms with van der Waals surface area (Å²) in [6.07, 6.45) is 0.216. The molecule has 2 aromatic carbocycles. The van der Waals surface area contributed by atoms with Crippen molar-refractivity contribution in [1.29, 1.82) is 0 Å². The number of aryl methyl sites for hydroxylation is 1. The molecule has 1 unspecified atom stereocenters. The highest BCUT2D eigenvalue weighted by atomic mass is 32.1. The van der Waals surface area contributed by atoms with Gasteiger partial charge in [0, 0.05) is 12.5 Å². The van der Waals surface area contributed by atoms with Gasteiger partial charge in [0.25, 0.3) is 5.91 Å². The number of esters is 1. The van der Waals surface area contributed by atoms with Gasteiger partial charge in [-0.05, 0) is 44.0 Å². The number of amides is 1. The fraction of sp³-hybridized carbons (Fsp3) is 0.250. The molecule has 28 heavy (non-hydrogen) atoms. The maximum Gasteiger partial charge on any atom is 0.306 e. The number of nitrogens with zero attached hydrogens (tertiary/aromatic N) is 1. The predicted molar refractivity (Wildman–Crippen MR) is 103 cm³/mol. The highest BCUT2D eigenvalue weighted by Crippen LogP contribution is 2.23. The smallest absolute Gasteiger partial charge is 0.306 e. The number of aromatic nitrogens is 1. The first-order valence-corrected chi connectivity index (χ1v) is 9.54. The van der Waals surface area contributed by atoms with E-state index in [1.807, 2.05) is 24.3 Å². The average molecular weight is 404 g/mol. The zero-order valence-corrected chi connectivity index (χ0v) is 15.9. The Balaban J connectivity index is 1.45. The van der Waals surface area contributed by atoms with Crippen molar-refractivity contribution < 1.29 is 23.1 Å². The Morgan fingerprint density at radius 1 is 1.21 bits per heavy atom. The summed E-state index contributed by atoms with van der Waals surface area (Å²) in [6.45, 7) is 1.39. The Morgan fingerprint density at radius 3 is 2.75 bits per heavy atom. The molecule has 1 amide bonds. The Hall–Kier alpha value is -2.87. The number of carbonyl (C=O) groups excluding carboxylic acids is 2. The molecule has 0 fully saturated rings. The molecular weight excluding hydrogens is 386 g/mol. The first-order valence-electron chi connectivity index (χ1n) is 8.72. The van der Waals surface area contributed by atoms with Gasteiger partial charge in [0.15, 0.2) is 6.10 Å². The number of benzene rings is 2. The van der Waals surface area contributed by atoms with E-state index in [0.717, 1.165) is 27.4 Å². The molecular formula is C20H18F2N2O3S. The van der Waals surface area contributed by atoms with Crippen molar-refractivity contribution in [1.82, 2.24) is 4.98 Å². The van der Waals surface area contributed by atoms with Crippen LogP contribution in [0.5, 0.6) is 0 Å². The molecule has 3 rings (SSSR count). The summed E-state index contributed by atoms with van der Waals surface area (Å²) in [5.41, 5.74) is 0.758. The fourth-order valence-corrected chi connectivity index (χ4v) is 3.55. The summed E-state index contributed by atoms with van der Waals surface area (Å²) in [4.78, 5) is 28.5. The van der Waals surface area contributed by atoms with Gasteiger partial charge in [-0.2, -0.15) is 0 Å². The summed E-state index contributed by atoms with van der Waals surface area (Å²) in [6, 6.07) is 10.6. The number of fused-ring (bicyclic) bond motifs is 1. The lowest BCUT2D eigenvalue weighted by atomic mass is 10.2. The molecule has 0 saturated carbocycles. The van der Waals surface area contributed by atoms with Gasteiger partial charge in [0.1, 0.15) is 11.6 Å². The molecule has 146 valence electrons. The fourth-order valence-electron chi connectivity index (χ4n) is 2.55. The normalized spacial score (nSPS) is 12.0. The van der Waals surface area contributed by atoms with E-state index < -0.39 is 29.6 Å². The van der Waals surface area contributed by atoms with Gasteiger partial charge in [-0.3, -0.25) is 9.59 Å². The van der Waals surface area contributed by atoms with Crippen LogP contribution < -0.4 is 5.32 Å². The minimum Gasteiger partial charge on any atom is -0.453 e. The monoisotopic (exact) mass is 404 g/mol. The molecule has 5 nitrogen and oxygen atoms in total. The van der Waals surface area contributed by atoms with Crippen LogP contribution in [0.2, 0.25) is 0 Å². The minimum absolute atomic E-state index is 0.137. The van der Waals surface area contributed by atoms with Crippen molar-refractivity contribution in [3.8, 4) is 0 Å². The highest BCUT2D eigenvalue weighted by molar-refractivity contribution is 7.18. The molecule has 0 bridgehead atoms. The highest BCUT2D eigenvalue weighted by Gasteiger charge is 2.19. The maximum absolute atomic E-state index is 13.6. The molecule has 0 aliphatic carbocycles. The Morgan fingerprint density at radius 2 is 2.00 bits per heavy atom. The number of carbonyl (C=O) groups is 2. The van der Waals surface area contributed by atoms with Gasteiger partial charge < -0.3 is 10.1 Å². The van der Waals surface area contributed by atoms with Crippen LogP contribution in [0, 0.1) is 11.6 Å². The largest absolute Gasteiger partial charge is 0.453 e. The van der Waals surface area contributed by atoms with Gasteiger partial charge in [0.05, 0.1) is 20.9 Å². The Bertz CT molecular complexity index is 973. The molecule has 3 aromatic rings. The van der Waals surface area contributed by atoms with Gasteiger partial charge >= 0.3 is 5.97 Å². The van der Waals surface area contributed by atoms with Crippen molar-refractivity contribution in [3.05, 3.63) is 59.1 Å². The standard InChI is InChI=1S/C20H18F2N2O3S/c1-12(20(26)24-15-10-9-13(21)11-14(15)22)27-19(25)8-4-7-18-23-16-5-2-3-6-17(16)28-18/h2-3,5-6,9-12H,4,7-8H2,1H3,(H,24,26). The van der Waals surface area contributed by atoms with Gasteiger partial charge in [-0.25, -0.2) is 13.8 Å². The first kappa shape index (κ1) is 19.9.